The number of halogens is 2. The number of rotatable bonds is 3. The predicted octanol–water partition coefficient (Wildman–Crippen LogP) is 3.95. The Bertz CT molecular complexity index is 806. The molecule has 2 aromatic carbocycles. The fraction of sp³-hybridized carbons (Fsp3) is 0.143. The van der Waals surface area contributed by atoms with Gasteiger partial charge in [0, 0.05) is 21.1 Å². The molecule has 0 radical (unpaired) electrons. The van der Waals surface area contributed by atoms with Crippen LogP contribution >= 0.6 is 31.9 Å². The summed E-state index contributed by atoms with van der Waals surface area (Å²) in [5.41, 5.74) is 1.55. The quantitative estimate of drug-likeness (QED) is 0.798. The molecule has 0 aromatic heterocycles. The lowest BCUT2D eigenvalue weighted by molar-refractivity contribution is 0.357. The zero-order valence-corrected chi connectivity index (χ0v) is 14.8. The van der Waals surface area contributed by atoms with Gasteiger partial charge in [-0.3, -0.25) is 4.72 Å². The van der Waals surface area contributed by atoms with Crippen molar-refractivity contribution in [2.75, 3.05) is 11.3 Å². The summed E-state index contributed by atoms with van der Waals surface area (Å²) in [5, 5.41) is 0. The number of nitrogens with one attached hydrogen (secondary N) is 1. The number of ether oxygens (including phenoxy) is 1. The van der Waals surface area contributed by atoms with Crippen LogP contribution in [0.5, 0.6) is 5.75 Å². The van der Waals surface area contributed by atoms with Crippen LogP contribution in [-0.4, -0.2) is 15.0 Å². The van der Waals surface area contributed by atoms with Gasteiger partial charge in [0.2, 0.25) is 0 Å². The van der Waals surface area contributed by atoms with Crippen LogP contribution in [0.15, 0.2) is 50.2 Å². The first-order valence-corrected chi connectivity index (χ1v) is 9.26. The molecule has 4 nitrogen and oxygen atoms in total. The summed E-state index contributed by atoms with van der Waals surface area (Å²) < 4.78 is 34.2. The van der Waals surface area contributed by atoms with E-state index >= 15 is 0 Å². The summed E-state index contributed by atoms with van der Waals surface area (Å²) in [7, 11) is -3.64. The van der Waals surface area contributed by atoms with Crippen molar-refractivity contribution in [2.45, 2.75) is 11.3 Å². The molecule has 0 bridgehead atoms. The molecule has 0 aliphatic carbocycles. The predicted molar refractivity (Wildman–Crippen MR) is 88.3 cm³/mol. The maximum atomic E-state index is 12.4. The van der Waals surface area contributed by atoms with Gasteiger partial charge in [-0.25, -0.2) is 8.42 Å². The normalized spacial score (nSPS) is 13.6. The Balaban J connectivity index is 1.92. The molecule has 1 N–H and O–H groups in total. The molecule has 0 atom stereocenters. The van der Waals surface area contributed by atoms with Crippen LogP contribution in [0, 0.1) is 0 Å². The van der Waals surface area contributed by atoms with Gasteiger partial charge in [0.25, 0.3) is 10.0 Å². The van der Waals surface area contributed by atoms with E-state index < -0.39 is 10.0 Å². The van der Waals surface area contributed by atoms with Crippen LogP contribution < -0.4 is 9.46 Å². The Morgan fingerprint density at radius 1 is 1.10 bits per heavy atom. The van der Waals surface area contributed by atoms with Crippen LogP contribution in [-0.2, 0) is 16.4 Å². The fourth-order valence-corrected chi connectivity index (χ4v) is 4.95. The molecule has 21 heavy (non-hydrogen) atoms. The Morgan fingerprint density at radius 3 is 2.67 bits per heavy atom. The first-order valence-electron chi connectivity index (χ1n) is 6.19. The molecule has 0 amide bonds. The minimum Gasteiger partial charge on any atom is -0.493 e. The van der Waals surface area contributed by atoms with Gasteiger partial charge in [0.1, 0.15) is 10.6 Å². The second kappa shape index (κ2) is 5.62. The van der Waals surface area contributed by atoms with E-state index in [9.17, 15) is 8.42 Å². The summed E-state index contributed by atoms with van der Waals surface area (Å²) in [5.74, 6) is 0.822. The lowest BCUT2D eigenvalue weighted by atomic mass is 10.1. The molecule has 3 rings (SSSR count). The number of hydrogen-bond donors (Lipinski definition) is 1. The average Bonchev–Trinajstić information content (AvgIpc) is 2.85. The third kappa shape index (κ3) is 3.09. The smallest absolute Gasteiger partial charge is 0.263 e. The fourth-order valence-electron chi connectivity index (χ4n) is 2.15. The number of fused-ring (bicyclic) bond motifs is 1. The van der Waals surface area contributed by atoms with Crippen LogP contribution in [0.2, 0.25) is 0 Å². The lowest BCUT2D eigenvalue weighted by Crippen LogP contribution is -2.13. The summed E-state index contributed by atoms with van der Waals surface area (Å²) in [6.07, 6.45) is 0.798. The molecule has 1 aliphatic heterocycles. The minimum atomic E-state index is -3.64. The second-order valence-corrected chi connectivity index (χ2v) is 8.02. The SMILES string of the molecule is O=S(=O)(Nc1ccc2c(c1)CCO2)c1ccc(Br)cc1Br. The molecular formula is C14H11Br2NO3S. The molecule has 0 saturated carbocycles. The van der Waals surface area contributed by atoms with Crippen molar-refractivity contribution in [1.29, 1.82) is 0 Å². The molecule has 110 valence electrons. The van der Waals surface area contributed by atoms with E-state index in [4.69, 9.17) is 4.74 Å². The highest BCUT2D eigenvalue weighted by Gasteiger charge is 2.19. The molecule has 0 spiro atoms. The zero-order valence-electron chi connectivity index (χ0n) is 10.8. The third-order valence-electron chi connectivity index (χ3n) is 3.13. The molecule has 0 saturated heterocycles. The summed E-state index contributed by atoms with van der Waals surface area (Å²) in [6, 6.07) is 10.2. The van der Waals surface area contributed by atoms with Gasteiger partial charge in [-0.15, -0.1) is 0 Å². The van der Waals surface area contributed by atoms with Gasteiger partial charge >= 0.3 is 0 Å². The highest BCUT2D eigenvalue weighted by molar-refractivity contribution is 9.11. The van der Waals surface area contributed by atoms with E-state index in [2.05, 4.69) is 36.6 Å². The molecule has 0 fully saturated rings. The van der Waals surface area contributed by atoms with Crippen molar-refractivity contribution in [3.05, 3.63) is 50.9 Å². The molecule has 7 heteroatoms. The molecule has 0 unspecified atom stereocenters. The van der Waals surface area contributed by atoms with Crippen LogP contribution in [0.3, 0.4) is 0 Å². The summed E-state index contributed by atoms with van der Waals surface area (Å²) in [6.45, 7) is 0.643. The van der Waals surface area contributed by atoms with E-state index in [1.807, 2.05) is 6.07 Å². The Hall–Kier alpha value is -1.05. The monoisotopic (exact) mass is 431 g/mol. The Kier molecular flexibility index (Phi) is 3.98. The van der Waals surface area contributed by atoms with Crippen molar-refractivity contribution in [2.24, 2.45) is 0 Å². The average molecular weight is 433 g/mol. The van der Waals surface area contributed by atoms with Crippen molar-refractivity contribution in [3.8, 4) is 5.75 Å². The van der Waals surface area contributed by atoms with E-state index in [0.717, 1.165) is 22.2 Å². The van der Waals surface area contributed by atoms with Gasteiger partial charge in [-0.05, 0) is 57.9 Å². The van der Waals surface area contributed by atoms with Gasteiger partial charge < -0.3 is 4.74 Å². The number of anilines is 1. The van der Waals surface area contributed by atoms with Crippen molar-refractivity contribution < 1.29 is 13.2 Å². The van der Waals surface area contributed by atoms with E-state index in [0.29, 0.717) is 16.8 Å². The molecule has 2 aromatic rings. The number of sulfonamides is 1. The standard InChI is InChI=1S/C14H11Br2NO3S/c15-10-1-4-14(12(16)8-10)21(18,19)17-11-2-3-13-9(7-11)5-6-20-13/h1-4,7-8,17H,5-6H2. The first kappa shape index (κ1) is 14.9. The highest BCUT2D eigenvalue weighted by atomic mass is 79.9. The van der Waals surface area contributed by atoms with Crippen LogP contribution in [0.4, 0.5) is 5.69 Å². The van der Waals surface area contributed by atoms with Gasteiger partial charge in [-0.1, -0.05) is 15.9 Å². The largest absolute Gasteiger partial charge is 0.493 e. The van der Waals surface area contributed by atoms with Gasteiger partial charge in [-0.2, -0.15) is 0 Å². The Labute approximate surface area is 139 Å². The molecule has 1 aliphatic rings. The van der Waals surface area contributed by atoms with Crippen LogP contribution in [0.1, 0.15) is 5.56 Å². The third-order valence-corrected chi connectivity index (χ3v) is 5.98. The van der Waals surface area contributed by atoms with Crippen molar-refractivity contribution in [3.63, 3.8) is 0 Å². The second-order valence-electron chi connectivity index (χ2n) is 4.60. The summed E-state index contributed by atoms with van der Waals surface area (Å²) >= 11 is 6.58. The zero-order chi connectivity index (χ0) is 15.0. The van der Waals surface area contributed by atoms with Gasteiger partial charge in [0.05, 0.1) is 6.61 Å². The van der Waals surface area contributed by atoms with E-state index in [1.165, 1.54) is 0 Å². The summed E-state index contributed by atoms with van der Waals surface area (Å²) in [4.78, 5) is 0.197. The molecule has 1 heterocycles. The number of benzene rings is 2. The van der Waals surface area contributed by atoms with E-state index in [-0.39, 0.29) is 4.90 Å². The highest BCUT2D eigenvalue weighted by Crippen LogP contribution is 2.31. The van der Waals surface area contributed by atoms with E-state index in [1.54, 1.807) is 30.3 Å². The topological polar surface area (TPSA) is 55.4 Å². The van der Waals surface area contributed by atoms with Crippen LogP contribution in [0.25, 0.3) is 0 Å². The minimum absolute atomic E-state index is 0.197. The first-order chi connectivity index (χ1) is 9.95. The Morgan fingerprint density at radius 2 is 1.90 bits per heavy atom. The van der Waals surface area contributed by atoms with Gasteiger partial charge in [0.15, 0.2) is 0 Å². The molecular weight excluding hydrogens is 422 g/mol. The maximum absolute atomic E-state index is 12.4. The van der Waals surface area contributed by atoms with Crippen molar-refractivity contribution >= 4 is 47.6 Å². The maximum Gasteiger partial charge on any atom is 0.263 e. The lowest BCUT2D eigenvalue weighted by Gasteiger charge is -2.11. The number of hydrogen-bond acceptors (Lipinski definition) is 3. The van der Waals surface area contributed by atoms with Crippen molar-refractivity contribution in [1.82, 2.24) is 0 Å².